The van der Waals surface area contributed by atoms with Gasteiger partial charge < -0.3 is 0 Å². The average Bonchev–Trinajstić information content (AvgIpc) is 2.60. The number of rotatable bonds is 3. The molecule has 0 radical (unpaired) electrons. The summed E-state index contributed by atoms with van der Waals surface area (Å²) in [6.07, 6.45) is 1.84. The molecule has 3 aromatic rings. The van der Waals surface area contributed by atoms with Crippen molar-refractivity contribution < 1.29 is 0 Å². The highest BCUT2D eigenvalue weighted by Crippen LogP contribution is 2.27. The minimum Gasteiger partial charge on any atom is -0.256 e. The fourth-order valence-electron chi connectivity index (χ4n) is 2.63. The first-order valence-electron chi connectivity index (χ1n) is 9.04. The second-order valence-corrected chi connectivity index (χ2v) is 8.04. The van der Waals surface area contributed by atoms with Crippen LogP contribution >= 0.6 is 0 Å². The van der Waals surface area contributed by atoms with E-state index in [1.54, 1.807) is 0 Å². The van der Waals surface area contributed by atoms with Gasteiger partial charge in [0.25, 0.3) is 0 Å². The van der Waals surface area contributed by atoms with Crippen LogP contribution in [0.1, 0.15) is 57.7 Å². The predicted octanol–water partition coefficient (Wildman–Crippen LogP) is 5.33. The Hall–Kier alpha value is -2.62. The molecule has 4 heteroatoms. The van der Waals surface area contributed by atoms with Crippen LogP contribution in [0.3, 0.4) is 0 Å². The van der Waals surface area contributed by atoms with Crippen molar-refractivity contribution >= 4 is 0 Å². The van der Waals surface area contributed by atoms with Crippen molar-refractivity contribution in [2.24, 2.45) is 0 Å². The normalized spacial score (nSPS) is 11.8. The largest absolute Gasteiger partial charge is 0.256 e. The molecule has 0 amide bonds. The van der Waals surface area contributed by atoms with Crippen molar-refractivity contribution in [3.8, 4) is 22.6 Å². The Labute approximate surface area is 155 Å². The third kappa shape index (κ3) is 3.96. The number of nitrogens with zero attached hydrogens (tertiary/aromatic N) is 4. The van der Waals surface area contributed by atoms with Crippen LogP contribution in [-0.4, -0.2) is 19.9 Å². The standard InChI is InChI=1S/C22H26N4/c1-14(2)19-24-20(26-21(25-19)22(4,5)6)17-9-7-8-16(13-17)18-12-15(3)10-11-23-18/h7-14H,1-6H3. The Morgan fingerprint density at radius 3 is 2.27 bits per heavy atom. The van der Waals surface area contributed by atoms with Gasteiger partial charge in [-0.2, -0.15) is 0 Å². The quantitative estimate of drug-likeness (QED) is 0.643. The topological polar surface area (TPSA) is 51.6 Å². The lowest BCUT2D eigenvalue weighted by molar-refractivity contribution is 0.533. The van der Waals surface area contributed by atoms with Gasteiger partial charge in [-0.1, -0.05) is 52.8 Å². The Bertz CT molecular complexity index is 923. The number of aryl methyl sites for hydroxylation is 1. The van der Waals surface area contributed by atoms with Gasteiger partial charge in [0.2, 0.25) is 0 Å². The molecule has 0 spiro atoms. The summed E-state index contributed by atoms with van der Waals surface area (Å²) in [6, 6.07) is 12.3. The SMILES string of the molecule is Cc1ccnc(-c2cccc(-c3nc(C(C)C)nc(C(C)(C)C)n3)c2)c1. The third-order valence-electron chi connectivity index (χ3n) is 4.17. The molecule has 0 saturated heterocycles. The minimum atomic E-state index is -0.128. The maximum atomic E-state index is 4.77. The molecule has 0 bridgehead atoms. The van der Waals surface area contributed by atoms with E-state index in [2.05, 4.69) is 69.7 Å². The Morgan fingerprint density at radius 2 is 1.62 bits per heavy atom. The van der Waals surface area contributed by atoms with E-state index in [-0.39, 0.29) is 11.3 Å². The summed E-state index contributed by atoms with van der Waals surface area (Å²) in [6.45, 7) is 12.7. The van der Waals surface area contributed by atoms with E-state index in [4.69, 9.17) is 9.97 Å². The highest BCUT2D eigenvalue weighted by molar-refractivity contribution is 5.68. The molecule has 134 valence electrons. The fourth-order valence-corrected chi connectivity index (χ4v) is 2.63. The van der Waals surface area contributed by atoms with E-state index < -0.39 is 0 Å². The van der Waals surface area contributed by atoms with Crippen molar-refractivity contribution in [3.63, 3.8) is 0 Å². The van der Waals surface area contributed by atoms with Gasteiger partial charge in [-0.05, 0) is 30.7 Å². The molecule has 0 atom stereocenters. The lowest BCUT2D eigenvalue weighted by atomic mass is 9.95. The van der Waals surface area contributed by atoms with Gasteiger partial charge in [0.1, 0.15) is 11.6 Å². The maximum absolute atomic E-state index is 4.77. The summed E-state index contributed by atoms with van der Waals surface area (Å²) in [5.74, 6) is 2.63. The molecule has 0 saturated carbocycles. The van der Waals surface area contributed by atoms with Crippen molar-refractivity contribution in [2.75, 3.05) is 0 Å². The first-order chi connectivity index (χ1) is 12.2. The summed E-state index contributed by atoms with van der Waals surface area (Å²) >= 11 is 0. The van der Waals surface area contributed by atoms with E-state index in [1.165, 1.54) is 5.56 Å². The molecule has 0 unspecified atom stereocenters. The average molecular weight is 346 g/mol. The van der Waals surface area contributed by atoms with E-state index >= 15 is 0 Å². The van der Waals surface area contributed by atoms with E-state index in [9.17, 15) is 0 Å². The zero-order valence-electron chi connectivity index (χ0n) is 16.4. The van der Waals surface area contributed by atoms with Crippen molar-refractivity contribution in [2.45, 2.75) is 52.9 Å². The van der Waals surface area contributed by atoms with Crippen LogP contribution in [0.15, 0.2) is 42.6 Å². The van der Waals surface area contributed by atoms with Crippen LogP contribution < -0.4 is 0 Å². The summed E-state index contributed by atoms with van der Waals surface area (Å²) in [5.41, 5.74) is 4.08. The van der Waals surface area contributed by atoms with Gasteiger partial charge in [-0.3, -0.25) is 4.98 Å². The Morgan fingerprint density at radius 1 is 0.885 bits per heavy atom. The van der Waals surface area contributed by atoms with Gasteiger partial charge in [0.05, 0.1) is 5.69 Å². The summed E-state index contributed by atoms with van der Waals surface area (Å²) in [5, 5.41) is 0. The molecule has 0 aliphatic heterocycles. The van der Waals surface area contributed by atoms with Crippen LogP contribution in [0.25, 0.3) is 22.6 Å². The number of hydrogen-bond acceptors (Lipinski definition) is 4. The molecular formula is C22H26N4. The maximum Gasteiger partial charge on any atom is 0.163 e. The number of pyridine rings is 1. The molecule has 3 rings (SSSR count). The molecule has 2 aromatic heterocycles. The highest BCUT2D eigenvalue weighted by Gasteiger charge is 2.21. The van der Waals surface area contributed by atoms with Crippen molar-refractivity contribution in [3.05, 3.63) is 59.8 Å². The lowest BCUT2D eigenvalue weighted by Gasteiger charge is -2.19. The highest BCUT2D eigenvalue weighted by atomic mass is 15.0. The second-order valence-electron chi connectivity index (χ2n) is 8.04. The molecule has 0 aliphatic rings. The molecule has 0 N–H and O–H groups in total. The van der Waals surface area contributed by atoms with Crippen LogP contribution in [0.5, 0.6) is 0 Å². The van der Waals surface area contributed by atoms with Crippen LogP contribution in [0.2, 0.25) is 0 Å². The first-order valence-corrected chi connectivity index (χ1v) is 9.04. The minimum absolute atomic E-state index is 0.128. The van der Waals surface area contributed by atoms with E-state index in [0.29, 0.717) is 0 Å². The van der Waals surface area contributed by atoms with Crippen LogP contribution in [0.4, 0.5) is 0 Å². The van der Waals surface area contributed by atoms with E-state index in [0.717, 1.165) is 34.3 Å². The van der Waals surface area contributed by atoms with Crippen LogP contribution in [-0.2, 0) is 5.41 Å². The zero-order chi connectivity index (χ0) is 18.9. The van der Waals surface area contributed by atoms with Crippen molar-refractivity contribution in [1.29, 1.82) is 0 Å². The van der Waals surface area contributed by atoms with Gasteiger partial charge in [0, 0.05) is 28.7 Å². The summed E-state index contributed by atoms with van der Waals surface area (Å²) < 4.78 is 0. The molecule has 1 aromatic carbocycles. The third-order valence-corrected chi connectivity index (χ3v) is 4.17. The van der Waals surface area contributed by atoms with Gasteiger partial charge in [-0.25, -0.2) is 15.0 Å². The fraction of sp³-hybridized carbons (Fsp3) is 0.364. The molecule has 26 heavy (non-hydrogen) atoms. The smallest absolute Gasteiger partial charge is 0.163 e. The van der Waals surface area contributed by atoms with Crippen molar-refractivity contribution in [1.82, 2.24) is 19.9 Å². The molecular weight excluding hydrogens is 320 g/mol. The lowest BCUT2D eigenvalue weighted by Crippen LogP contribution is -2.19. The van der Waals surface area contributed by atoms with Gasteiger partial charge >= 0.3 is 0 Å². The first kappa shape index (κ1) is 18.2. The van der Waals surface area contributed by atoms with Gasteiger partial charge in [-0.15, -0.1) is 0 Å². The summed E-state index contributed by atoms with van der Waals surface area (Å²) in [4.78, 5) is 18.7. The molecule has 0 aliphatic carbocycles. The summed E-state index contributed by atoms with van der Waals surface area (Å²) in [7, 11) is 0. The number of benzene rings is 1. The molecule has 4 nitrogen and oxygen atoms in total. The number of hydrogen-bond donors (Lipinski definition) is 0. The monoisotopic (exact) mass is 346 g/mol. The Balaban J connectivity index is 2.12. The zero-order valence-corrected chi connectivity index (χ0v) is 16.4. The molecule has 0 fully saturated rings. The second kappa shape index (κ2) is 6.94. The predicted molar refractivity (Wildman–Crippen MR) is 106 cm³/mol. The van der Waals surface area contributed by atoms with Crippen LogP contribution in [0, 0.1) is 6.92 Å². The molecule has 2 heterocycles. The van der Waals surface area contributed by atoms with Gasteiger partial charge in [0.15, 0.2) is 5.82 Å². The van der Waals surface area contributed by atoms with E-state index in [1.807, 2.05) is 24.4 Å². The number of aromatic nitrogens is 4. The Kier molecular flexibility index (Phi) is 4.86.